The molecule has 2 aliphatic rings. The third kappa shape index (κ3) is 3.87. The van der Waals surface area contributed by atoms with Crippen LogP contribution in [-0.4, -0.2) is 67.1 Å². The zero-order valence-electron chi connectivity index (χ0n) is 16.8. The fourth-order valence-electron chi connectivity index (χ4n) is 4.30. The van der Waals surface area contributed by atoms with Gasteiger partial charge in [0, 0.05) is 49.0 Å². The summed E-state index contributed by atoms with van der Waals surface area (Å²) in [6.07, 6.45) is 6.03. The fourth-order valence-corrected chi connectivity index (χ4v) is 5.50. The van der Waals surface area contributed by atoms with Crippen molar-refractivity contribution >= 4 is 32.4 Å². The normalized spacial score (nSPS) is 21.6. The van der Waals surface area contributed by atoms with E-state index in [1.807, 2.05) is 24.4 Å². The van der Waals surface area contributed by atoms with E-state index in [0.717, 1.165) is 53.8 Å². The first-order chi connectivity index (χ1) is 14.6. The van der Waals surface area contributed by atoms with Gasteiger partial charge >= 0.3 is 0 Å². The molecule has 4 heterocycles. The van der Waals surface area contributed by atoms with Crippen LogP contribution in [0.1, 0.15) is 12.8 Å². The number of anilines is 2. The summed E-state index contributed by atoms with van der Waals surface area (Å²) in [5, 5.41) is 7.91. The summed E-state index contributed by atoms with van der Waals surface area (Å²) in [7, 11) is -2.91. The molecular formula is C21H26N6O2S. The summed E-state index contributed by atoms with van der Waals surface area (Å²) in [5.74, 6) is 1.05. The number of sulfone groups is 1. The maximum atomic E-state index is 11.8. The summed E-state index contributed by atoms with van der Waals surface area (Å²) < 4.78 is 23.6. The topological polar surface area (TPSA) is 103 Å². The van der Waals surface area contributed by atoms with E-state index < -0.39 is 9.84 Å². The molecule has 158 valence electrons. The van der Waals surface area contributed by atoms with Crippen molar-refractivity contribution in [3.63, 3.8) is 0 Å². The van der Waals surface area contributed by atoms with E-state index in [0.29, 0.717) is 25.1 Å². The molecule has 1 atom stereocenters. The second-order valence-electron chi connectivity index (χ2n) is 7.99. The summed E-state index contributed by atoms with van der Waals surface area (Å²) in [6.45, 7) is 3.04. The number of nitrogens with zero attached hydrogens (tertiary/aromatic N) is 3. The minimum Gasteiger partial charge on any atom is -0.368 e. The minimum atomic E-state index is -2.91. The lowest BCUT2D eigenvalue weighted by Gasteiger charge is -2.29. The third-order valence-electron chi connectivity index (χ3n) is 5.94. The summed E-state index contributed by atoms with van der Waals surface area (Å²) in [4.78, 5) is 14.7. The molecule has 5 rings (SSSR count). The molecule has 2 aromatic heterocycles. The molecule has 0 radical (unpaired) electrons. The lowest BCUT2D eigenvalue weighted by Crippen LogP contribution is -2.40. The molecule has 0 aliphatic carbocycles. The number of aromatic amines is 1. The van der Waals surface area contributed by atoms with E-state index in [1.165, 1.54) is 0 Å². The van der Waals surface area contributed by atoms with Crippen LogP contribution in [0.15, 0.2) is 36.7 Å². The quantitative estimate of drug-likeness (QED) is 0.586. The van der Waals surface area contributed by atoms with Crippen molar-refractivity contribution in [2.45, 2.75) is 18.9 Å². The van der Waals surface area contributed by atoms with Crippen LogP contribution < -0.4 is 15.5 Å². The summed E-state index contributed by atoms with van der Waals surface area (Å²) >= 11 is 0. The standard InChI is InChI=1S/C21H26N6O2S/c28-30(29)11-9-27(10-12-30)19-5-1-4-16-17(14-24-20(16)19)18-6-8-23-21(26-18)25-15-3-2-7-22-13-15/h1,4-6,8,14-15,22,24H,2-3,7,9-13H2,(H,23,25,26)/t15-/m0/s1. The lowest BCUT2D eigenvalue weighted by molar-refractivity contribution is 0.478. The highest BCUT2D eigenvalue weighted by Crippen LogP contribution is 2.34. The van der Waals surface area contributed by atoms with E-state index in [-0.39, 0.29) is 11.5 Å². The number of hydrogen-bond donors (Lipinski definition) is 3. The molecule has 9 heteroatoms. The SMILES string of the molecule is O=S1(=O)CCN(c2cccc3c(-c4ccnc(N[C@H]5CCCNC5)n4)c[nH]c23)CC1. The van der Waals surface area contributed by atoms with Gasteiger partial charge in [-0.2, -0.15) is 0 Å². The molecule has 3 N–H and O–H groups in total. The zero-order valence-corrected chi connectivity index (χ0v) is 17.6. The van der Waals surface area contributed by atoms with E-state index in [2.05, 4.69) is 31.6 Å². The molecule has 0 spiro atoms. The van der Waals surface area contributed by atoms with Crippen molar-refractivity contribution in [1.29, 1.82) is 0 Å². The van der Waals surface area contributed by atoms with E-state index in [4.69, 9.17) is 4.98 Å². The molecule has 1 aromatic carbocycles. The van der Waals surface area contributed by atoms with E-state index >= 15 is 0 Å². The number of H-pyrrole nitrogens is 1. The Balaban J connectivity index is 1.44. The van der Waals surface area contributed by atoms with Crippen molar-refractivity contribution in [2.75, 3.05) is 47.9 Å². The number of nitrogens with one attached hydrogen (secondary N) is 3. The smallest absolute Gasteiger partial charge is 0.223 e. The van der Waals surface area contributed by atoms with Crippen LogP contribution >= 0.6 is 0 Å². The maximum Gasteiger partial charge on any atom is 0.223 e. The molecule has 8 nitrogen and oxygen atoms in total. The highest BCUT2D eigenvalue weighted by Gasteiger charge is 2.24. The van der Waals surface area contributed by atoms with Crippen LogP contribution in [0.5, 0.6) is 0 Å². The molecule has 0 unspecified atom stereocenters. The number of piperidine rings is 1. The number of benzene rings is 1. The molecule has 2 aliphatic heterocycles. The van der Waals surface area contributed by atoms with E-state index in [1.54, 1.807) is 6.20 Å². The third-order valence-corrected chi connectivity index (χ3v) is 7.55. The van der Waals surface area contributed by atoms with Crippen LogP contribution in [-0.2, 0) is 9.84 Å². The zero-order chi connectivity index (χ0) is 20.6. The number of para-hydroxylation sites is 1. The van der Waals surface area contributed by atoms with Crippen LogP contribution in [0.3, 0.4) is 0 Å². The van der Waals surface area contributed by atoms with E-state index in [9.17, 15) is 8.42 Å². The highest BCUT2D eigenvalue weighted by molar-refractivity contribution is 7.91. The van der Waals surface area contributed by atoms with Gasteiger partial charge in [0.1, 0.15) is 0 Å². The van der Waals surface area contributed by atoms with Gasteiger partial charge in [-0.1, -0.05) is 12.1 Å². The monoisotopic (exact) mass is 426 g/mol. The van der Waals surface area contributed by atoms with Gasteiger partial charge in [-0.05, 0) is 31.5 Å². The Hall–Kier alpha value is -2.65. The molecule has 0 saturated carbocycles. The predicted octanol–water partition coefficient (Wildman–Crippen LogP) is 2.02. The van der Waals surface area contributed by atoms with Crippen molar-refractivity contribution in [2.24, 2.45) is 0 Å². The second-order valence-corrected chi connectivity index (χ2v) is 10.3. The van der Waals surface area contributed by atoms with Crippen LogP contribution in [0, 0.1) is 0 Å². The van der Waals surface area contributed by atoms with Gasteiger partial charge in [0.05, 0.1) is 28.4 Å². The fraction of sp³-hybridized carbons (Fsp3) is 0.429. The minimum absolute atomic E-state index is 0.202. The Bertz CT molecular complexity index is 1140. The molecule has 0 amide bonds. The second kappa shape index (κ2) is 7.88. The molecule has 3 aromatic rings. The van der Waals surface area contributed by atoms with Gasteiger partial charge in [-0.3, -0.25) is 0 Å². The largest absolute Gasteiger partial charge is 0.368 e. The first-order valence-electron chi connectivity index (χ1n) is 10.5. The van der Waals surface area contributed by atoms with Crippen LogP contribution in [0.2, 0.25) is 0 Å². The maximum absolute atomic E-state index is 11.8. The number of aromatic nitrogens is 3. The van der Waals surface area contributed by atoms with Gasteiger partial charge in [0.25, 0.3) is 0 Å². The predicted molar refractivity (Wildman–Crippen MR) is 120 cm³/mol. The van der Waals surface area contributed by atoms with Crippen LogP contribution in [0.25, 0.3) is 22.2 Å². The first-order valence-corrected chi connectivity index (χ1v) is 12.3. The number of hydrogen-bond acceptors (Lipinski definition) is 7. The van der Waals surface area contributed by atoms with Gasteiger partial charge in [-0.15, -0.1) is 0 Å². The van der Waals surface area contributed by atoms with Crippen molar-refractivity contribution in [3.05, 3.63) is 36.7 Å². The molecule has 2 fully saturated rings. The Morgan fingerprint density at radius 3 is 2.83 bits per heavy atom. The molecule has 0 bridgehead atoms. The van der Waals surface area contributed by atoms with Crippen LogP contribution in [0.4, 0.5) is 11.6 Å². The highest BCUT2D eigenvalue weighted by atomic mass is 32.2. The number of rotatable bonds is 4. The summed E-state index contributed by atoms with van der Waals surface area (Å²) in [5.41, 5.74) is 3.93. The first kappa shape index (κ1) is 19.3. The Morgan fingerprint density at radius 2 is 2.03 bits per heavy atom. The molecule has 2 saturated heterocycles. The van der Waals surface area contributed by atoms with Crippen molar-refractivity contribution in [3.8, 4) is 11.3 Å². The van der Waals surface area contributed by atoms with Gasteiger partial charge < -0.3 is 20.5 Å². The molecular weight excluding hydrogens is 400 g/mol. The van der Waals surface area contributed by atoms with Gasteiger partial charge in [0.2, 0.25) is 5.95 Å². The Kier molecular flexibility index (Phi) is 5.08. The molecule has 30 heavy (non-hydrogen) atoms. The average Bonchev–Trinajstić information content (AvgIpc) is 3.19. The Morgan fingerprint density at radius 1 is 1.17 bits per heavy atom. The lowest BCUT2D eigenvalue weighted by atomic mass is 10.1. The van der Waals surface area contributed by atoms with Crippen molar-refractivity contribution in [1.82, 2.24) is 20.3 Å². The van der Waals surface area contributed by atoms with Gasteiger partial charge in [-0.25, -0.2) is 18.4 Å². The summed E-state index contributed by atoms with van der Waals surface area (Å²) in [6, 6.07) is 8.41. The average molecular weight is 427 g/mol. The Labute approximate surface area is 176 Å². The number of fused-ring (bicyclic) bond motifs is 1. The van der Waals surface area contributed by atoms with Crippen molar-refractivity contribution < 1.29 is 8.42 Å². The van der Waals surface area contributed by atoms with Gasteiger partial charge in [0.15, 0.2) is 9.84 Å².